The Kier molecular flexibility index (Phi) is 16.7. The molecular weight excluding hydrogens is 969 g/mol. The van der Waals surface area contributed by atoms with E-state index in [2.05, 4.69) is 60.7 Å². The van der Waals surface area contributed by atoms with Gasteiger partial charge >= 0.3 is 0 Å². The molecule has 0 radical (unpaired) electrons. The molecule has 65 heavy (non-hydrogen) atoms. The van der Waals surface area contributed by atoms with Gasteiger partial charge in [-0.05, 0) is 67.1 Å². The Morgan fingerprint density at radius 3 is 1.82 bits per heavy atom. The topological polar surface area (TPSA) is 399 Å². The second kappa shape index (κ2) is 21.8. The van der Waals surface area contributed by atoms with Gasteiger partial charge in [-0.2, -0.15) is 64.0 Å². The molecule has 0 aliphatic rings. The van der Waals surface area contributed by atoms with E-state index in [9.17, 15) is 51.9 Å². The van der Waals surface area contributed by atoms with Crippen molar-refractivity contribution in [2.45, 2.75) is 21.1 Å². The van der Waals surface area contributed by atoms with E-state index in [1.807, 2.05) is 0 Å². The first-order valence-corrected chi connectivity index (χ1v) is 24.5. The number of aromatic nitrogens is 3. The lowest BCUT2D eigenvalue weighted by atomic mass is 10.2. The first-order valence-electron chi connectivity index (χ1n) is 17.6. The smallest absolute Gasteiger partial charge is 0.296 e. The third-order valence-corrected chi connectivity index (χ3v) is 11.6. The largest absolute Gasteiger partial charge is 0.494 e. The number of methoxy groups -OCH3 is 1. The average molecular weight is 1000 g/mol. The molecule has 0 aliphatic heterocycles. The Labute approximate surface area is 373 Å². The molecule has 0 unspecified atom stereocenters. The molecule has 348 valence electrons. The molecule has 1 aromatic heterocycles. The Hall–Kier alpha value is -6.04. The van der Waals surface area contributed by atoms with Crippen molar-refractivity contribution in [3.05, 3.63) is 78.9 Å². The summed E-state index contributed by atoms with van der Waals surface area (Å²) in [6, 6.07) is 17.1. The summed E-state index contributed by atoms with van der Waals surface area (Å²) < 4.78 is 146. The fraction of sp³-hybridized carbons (Fsp3) is 0.182. The second-order valence-electron chi connectivity index (χ2n) is 12.5. The van der Waals surface area contributed by atoms with Crippen LogP contribution in [0.15, 0.2) is 114 Å². The molecule has 0 saturated carbocycles. The van der Waals surface area contributed by atoms with Crippen LogP contribution >= 0.6 is 12.0 Å². The SMILES string of the molecule is COc1cc(N=Nc2cccc(S(=O)(=O)O)c2)ccc1Nc1nc(NCCS(=O)(=O)O)nc(Nc2ccc(N=Nc3ccc(SOOO)cc3S(=O)(=O)O)cc2OCCCS(=O)(=O)O)n1. The van der Waals surface area contributed by atoms with E-state index in [0.29, 0.717) is 12.0 Å². The first kappa shape index (κ1) is 50.0. The van der Waals surface area contributed by atoms with Gasteiger partial charge in [0, 0.05) is 23.6 Å². The molecule has 5 aromatic rings. The van der Waals surface area contributed by atoms with Crippen molar-refractivity contribution >= 4 is 104 Å². The number of nitrogens with one attached hydrogen (secondary N) is 3. The van der Waals surface area contributed by atoms with Gasteiger partial charge in [0.05, 0.1) is 70.6 Å². The van der Waals surface area contributed by atoms with E-state index < -0.39 is 56.9 Å². The van der Waals surface area contributed by atoms with Gasteiger partial charge in [-0.3, -0.25) is 18.2 Å². The highest BCUT2D eigenvalue weighted by atomic mass is 32.2. The van der Waals surface area contributed by atoms with Crippen molar-refractivity contribution in [3.8, 4) is 11.5 Å². The summed E-state index contributed by atoms with van der Waals surface area (Å²) in [4.78, 5) is 11.9. The van der Waals surface area contributed by atoms with Gasteiger partial charge in [0.15, 0.2) is 0 Å². The van der Waals surface area contributed by atoms with Gasteiger partial charge in [0.25, 0.3) is 40.5 Å². The number of hydrogen-bond acceptors (Lipinski definition) is 24. The molecule has 5 rings (SSSR count). The zero-order valence-corrected chi connectivity index (χ0v) is 36.9. The molecular formula is C33H34N10O17S5. The van der Waals surface area contributed by atoms with Gasteiger partial charge in [0.2, 0.25) is 17.8 Å². The molecule has 1 heterocycles. The highest BCUT2D eigenvalue weighted by Gasteiger charge is 2.19. The van der Waals surface area contributed by atoms with Crippen LogP contribution in [0.5, 0.6) is 11.5 Å². The molecule has 8 N–H and O–H groups in total. The van der Waals surface area contributed by atoms with Crippen LogP contribution in [-0.4, -0.2) is 104 Å². The molecule has 0 fully saturated rings. The van der Waals surface area contributed by atoms with Crippen molar-refractivity contribution in [2.75, 3.05) is 47.7 Å². The van der Waals surface area contributed by atoms with E-state index in [1.165, 1.54) is 73.8 Å². The van der Waals surface area contributed by atoms with Gasteiger partial charge in [-0.15, -0.1) is 9.45 Å². The van der Waals surface area contributed by atoms with E-state index in [4.69, 9.17) is 14.7 Å². The number of hydrogen-bond donors (Lipinski definition) is 8. The van der Waals surface area contributed by atoms with Crippen molar-refractivity contribution in [2.24, 2.45) is 20.5 Å². The average Bonchev–Trinajstić information content (AvgIpc) is 3.22. The fourth-order valence-corrected chi connectivity index (χ4v) is 7.47. The highest BCUT2D eigenvalue weighted by Crippen LogP contribution is 2.36. The Morgan fingerprint density at radius 1 is 0.646 bits per heavy atom. The van der Waals surface area contributed by atoms with Crippen LogP contribution in [0.2, 0.25) is 0 Å². The molecule has 27 nitrogen and oxygen atoms in total. The molecule has 0 atom stereocenters. The van der Waals surface area contributed by atoms with Crippen LogP contribution in [-0.2, 0) is 49.8 Å². The van der Waals surface area contributed by atoms with Crippen LogP contribution in [0.3, 0.4) is 0 Å². The zero-order valence-electron chi connectivity index (χ0n) is 32.8. The monoisotopic (exact) mass is 1000 g/mol. The van der Waals surface area contributed by atoms with E-state index in [0.717, 1.165) is 12.1 Å². The summed E-state index contributed by atoms with van der Waals surface area (Å²) in [6.07, 6.45) is -0.179. The van der Waals surface area contributed by atoms with E-state index in [1.54, 1.807) is 0 Å². The first-order chi connectivity index (χ1) is 30.6. The van der Waals surface area contributed by atoms with Crippen molar-refractivity contribution in [1.82, 2.24) is 15.0 Å². The summed E-state index contributed by atoms with van der Waals surface area (Å²) in [5, 5.41) is 36.4. The number of benzene rings is 4. The Morgan fingerprint density at radius 2 is 1.23 bits per heavy atom. The lowest BCUT2D eigenvalue weighted by molar-refractivity contribution is -0.432. The van der Waals surface area contributed by atoms with Crippen LogP contribution in [0.4, 0.5) is 52.0 Å². The van der Waals surface area contributed by atoms with Gasteiger partial charge in [0.1, 0.15) is 22.1 Å². The Bertz CT molecular complexity index is 3040. The number of azo groups is 2. The van der Waals surface area contributed by atoms with E-state index in [-0.39, 0.29) is 92.8 Å². The van der Waals surface area contributed by atoms with Crippen molar-refractivity contribution in [3.63, 3.8) is 0 Å². The lowest BCUT2D eigenvalue weighted by Gasteiger charge is -2.15. The molecule has 0 bridgehead atoms. The molecule has 32 heteroatoms. The zero-order chi connectivity index (χ0) is 47.4. The highest BCUT2D eigenvalue weighted by molar-refractivity contribution is 7.94. The summed E-state index contributed by atoms with van der Waals surface area (Å²) in [5.74, 6) is -1.82. The summed E-state index contributed by atoms with van der Waals surface area (Å²) in [7, 11) is -16.8. The fourth-order valence-electron chi connectivity index (χ4n) is 4.99. The standard InChI is InChI=1S/C33H34N10O17S5/c1-57-28-17-21(41-40-20-4-2-5-24(16-20)64(51,52)53)6-9-25(28)35-32-37-31(34-12-15-63(48,49)50)38-33(39-32)36-26-10-7-22(18-29(26)58-13-3-14-62(45,46)47)42-43-27-11-8-23(61-60-59-44)19-30(27)65(54,55)56/h2,4-11,16-19,44H,3,12-15H2,1H3,(H,45,46,47)(H,48,49,50)(H,51,52,53)(H,54,55,56)(H3,34,35,36,37,38,39). The van der Waals surface area contributed by atoms with Crippen LogP contribution in [0.25, 0.3) is 0 Å². The second-order valence-corrected chi connectivity index (χ2v) is 19.3. The van der Waals surface area contributed by atoms with Crippen LogP contribution < -0.4 is 25.4 Å². The molecule has 0 aliphatic carbocycles. The van der Waals surface area contributed by atoms with Crippen molar-refractivity contribution in [1.29, 1.82) is 0 Å². The number of ether oxygens (including phenoxy) is 2. The van der Waals surface area contributed by atoms with Crippen LogP contribution in [0, 0.1) is 0 Å². The summed E-state index contributed by atoms with van der Waals surface area (Å²) in [6.45, 7) is -0.634. The molecule has 0 saturated heterocycles. The predicted octanol–water partition coefficient (Wildman–Crippen LogP) is 6.08. The lowest BCUT2D eigenvalue weighted by Crippen LogP contribution is -2.17. The van der Waals surface area contributed by atoms with Gasteiger partial charge < -0.3 is 25.4 Å². The summed E-state index contributed by atoms with van der Waals surface area (Å²) in [5.41, 5.74) is 0.444. The van der Waals surface area contributed by atoms with Crippen molar-refractivity contribution < 1.29 is 76.0 Å². The predicted molar refractivity (Wildman–Crippen MR) is 229 cm³/mol. The number of nitrogens with zero attached hydrogens (tertiary/aromatic N) is 7. The van der Waals surface area contributed by atoms with Gasteiger partial charge in [-0.25, -0.2) is 5.26 Å². The summed E-state index contributed by atoms with van der Waals surface area (Å²) >= 11 is 0.415. The maximum absolute atomic E-state index is 12.1. The van der Waals surface area contributed by atoms with Gasteiger partial charge in [-0.1, -0.05) is 11.1 Å². The number of anilines is 5. The normalized spacial score (nSPS) is 12.4. The van der Waals surface area contributed by atoms with E-state index >= 15 is 0 Å². The molecule has 4 aromatic carbocycles. The molecule has 0 spiro atoms. The quantitative estimate of drug-likeness (QED) is 0.00918. The third-order valence-electron chi connectivity index (χ3n) is 7.77. The third kappa shape index (κ3) is 16.2. The number of rotatable bonds is 23. The minimum atomic E-state index is -4.86. The minimum absolute atomic E-state index is 0.0318. The maximum atomic E-state index is 12.1. The maximum Gasteiger partial charge on any atom is 0.296 e. The Balaban J connectivity index is 1.47. The minimum Gasteiger partial charge on any atom is -0.494 e. The van der Waals surface area contributed by atoms with Crippen LogP contribution in [0.1, 0.15) is 6.42 Å². The molecule has 0 amide bonds.